The van der Waals surface area contributed by atoms with Crippen molar-refractivity contribution in [1.82, 2.24) is 0 Å². The van der Waals surface area contributed by atoms with E-state index in [2.05, 4.69) is 0 Å². The smallest absolute Gasteiger partial charge is 0.311 e. The largest absolute Gasteiger partial charge is 0.469 e. The van der Waals surface area contributed by atoms with Gasteiger partial charge < -0.3 is 10.5 Å². The fourth-order valence-electron chi connectivity index (χ4n) is 1.56. The van der Waals surface area contributed by atoms with E-state index in [9.17, 15) is 4.79 Å². The highest BCUT2D eigenvalue weighted by molar-refractivity contribution is 5.76. The third-order valence-corrected chi connectivity index (χ3v) is 2.34. The molecule has 0 aliphatic rings. The summed E-state index contributed by atoms with van der Waals surface area (Å²) in [6, 6.07) is 7.55. The van der Waals surface area contributed by atoms with Crippen LogP contribution in [0, 0.1) is 5.41 Å². The predicted octanol–water partition coefficient (Wildman–Crippen LogP) is 2.01. The van der Waals surface area contributed by atoms with E-state index in [1.54, 1.807) is 0 Å². The monoisotopic (exact) mass is 207 g/mol. The first-order chi connectivity index (χ1) is 6.95. The van der Waals surface area contributed by atoms with Crippen molar-refractivity contribution in [2.24, 2.45) is 5.41 Å². The van der Waals surface area contributed by atoms with Crippen molar-refractivity contribution >= 4 is 11.7 Å². The molecule has 0 amide bonds. The summed E-state index contributed by atoms with van der Waals surface area (Å²) < 4.78 is 4.75. The van der Waals surface area contributed by atoms with Gasteiger partial charge >= 0.3 is 5.97 Å². The molecule has 1 aromatic rings. The van der Waals surface area contributed by atoms with Crippen LogP contribution in [-0.2, 0) is 16.0 Å². The van der Waals surface area contributed by atoms with E-state index in [0.717, 1.165) is 5.56 Å². The van der Waals surface area contributed by atoms with E-state index < -0.39 is 5.41 Å². The number of nitrogens with two attached hydrogens (primary N) is 1. The summed E-state index contributed by atoms with van der Waals surface area (Å²) in [5, 5.41) is 0. The molecule has 0 radical (unpaired) electrons. The molecular weight excluding hydrogens is 190 g/mol. The van der Waals surface area contributed by atoms with Gasteiger partial charge in [-0.15, -0.1) is 0 Å². The molecule has 0 saturated heterocycles. The topological polar surface area (TPSA) is 52.3 Å². The van der Waals surface area contributed by atoms with Crippen LogP contribution in [0.3, 0.4) is 0 Å². The number of esters is 1. The number of carbonyl (C=O) groups is 1. The molecule has 2 N–H and O–H groups in total. The molecule has 0 saturated carbocycles. The highest BCUT2D eigenvalue weighted by Gasteiger charge is 2.28. The molecule has 0 aromatic heterocycles. The number of benzene rings is 1. The second kappa shape index (κ2) is 4.34. The number of ether oxygens (including phenoxy) is 1. The minimum Gasteiger partial charge on any atom is -0.469 e. The van der Waals surface area contributed by atoms with Crippen LogP contribution < -0.4 is 5.73 Å². The normalized spacial score (nSPS) is 11.1. The molecule has 15 heavy (non-hydrogen) atoms. The zero-order valence-electron chi connectivity index (χ0n) is 9.41. The molecule has 0 aliphatic carbocycles. The molecule has 1 rings (SSSR count). The van der Waals surface area contributed by atoms with Crippen LogP contribution in [0.15, 0.2) is 24.3 Å². The zero-order chi connectivity index (χ0) is 11.5. The summed E-state index contributed by atoms with van der Waals surface area (Å²) in [6.45, 7) is 3.73. The maximum atomic E-state index is 11.5. The van der Waals surface area contributed by atoms with Gasteiger partial charge in [-0.3, -0.25) is 4.79 Å². The average molecular weight is 207 g/mol. The van der Waals surface area contributed by atoms with Crippen LogP contribution in [-0.4, -0.2) is 13.1 Å². The molecule has 0 bridgehead atoms. The van der Waals surface area contributed by atoms with Gasteiger partial charge in [0.1, 0.15) is 0 Å². The first-order valence-electron chi connectivity index (χ1n) is 4.88. The maximum Gasteiger partial charge on any atom is 0.311 e. The number of nitrogen functional groups attached to an aromatic ring is 1. The van der Waals surface area contributed by atoms with E-state index in [-0.39, 0.29) is 5.97 Å². The highest BCUT2D eigenvalue weighted by atomic mass is 16.5. The number of hydrogen-bond acceptors (Lipinski definition) is 3. The lowest BCUT2D eigenvalue weighted by Crippen LogP contribution is -2.27. The summed E-state index contributed by atoms with van der Waals surface area (Å²) in [6.07, 6.45) is 0.630. The SMILES string of the molecule is COC(=O)C(C)(C)Cc1cccc(N)c1. The van der Waals surface area contributed by atoms with Crippen molar-refractivity contribution in [3.8, 4) is 0 Å². The first kappa shape index (κ1) is 11.6. The maximum absolute atomic E-state index is 11.5. The zero-order valence-corrected chi connectivity index (χ0v) is 9.41. The minimum absolute atomic E-state index is 0.204. The van der Waals surface area contributed by atoms with E-state index in [1.165, 1.54) is 7.11 Å². The lowest BCUT2D eigenvalue weighted by molar-refractivity contribution is -0.150. The molecule has 0 aliphatic heterocycles. The molecule has 0 fully saturated rings. The standard InChI is InChI=1S/C12H17NO2/c1-12(2,11(14)15-3)8-9-5-4-6-10(13)7-9/h4-7H,8,13H2,1-3H3. The Labute approximate surface area is 90.2 Å². The van der Waals surface area contributed by atoms with E-state index >= 15 is 0 Å². The van der Waals surface area contributed by atoms with E-state index in [0.29, 0.717) is 12.1 Å². The molecule has 1 aromatic carbocycles. The molecule has 0 heterocycles. The van der Waals surface area contributed by atoms with Crippen LogP contribution in [0.5, 0.6) is 0 Å². The van der Waals surface area contributed by atoms with Crippen molar-refractivity contribution < 1.29 is 9.53 Å². The van der Waals surface area contributed by atoms with Crippen LogP contribution in [0.1, 0.15) is 19.4 Å². The molecule has 3 heteroatoms. The second-order valence-electron chi connectivity index (χ2n) is 4.30. The molecular formula is C12H17NO2. The van der Waals surface area contributed by atoms with Crippen molar-refractivity contribution in [1.29, 1.82) is 0 Å². The van der Waals surface area contributed by atoms with Crippen LogP contribution >= 0.6 is 0 Å². The van der Waals surface area contributed by atoms with Gasteiger partial charge in [-0.2, -0.15) is 0 Å². The summed E-state index contributed by atoms with van der Waals surface area (Å²) in [7, 11) is 1.41. The quantitative estimate of drug-likeness (QED) is 0.609. The van der Waals surface area contributed by atoms with Crippen molar-refractivity contribution in [3.63, 3.8) is 0 Å². The number of rotatable bonds is 3. The van der Waals surface area contributed by atoms with Gasteiger partial charge in [-0.25, -0.2) is 0 Å². The Balaban J connectivity index is 2.81. The van der Waals surface area contributed by atoms with Gasteiger partial charge in [0, 0.05) is 5.69 Å². The van der Waals surface area contributed by atoms with Gasteiger partial charge in [0.25, 0.3) is 0 Å². The number of methoxy groups -OCH3 is 1. The Hall–Kier alpha value is -1.51. The Morgan fingerprint density at radius 3 is 2.67 bits per heavy atom. The van der Waals surface area contributed by atoms with E-state index in [4.69, 9.17) is 10.5 Å². The van der Waals surface area contributed by atoms with Gasteiger partial charge in [-0.1, -0.05) is 12.1 Å². The van der Waals surface area contributed by atoms with Gasteiger partial charge in [-0.05, 0) is 38.0 Å². The Morgan fingerprint density at radius 2 is 2.13 bits per heavy atom. The summed E-state index contributed by atoms with van der Waals surface area (Å²) in [4.78, 5) is 11.5. The number of anilines is 1. The predicted molar refractivity (Wildman–Crippen MR) is 60.4 cm³/mol. The van der Waals surface area contributed by atoms with Crippen LogP contribution in [0.25, 0.3) is 0 Å². The lowest BCUT2D eigenvalue weighted by Gasteiger charge is -2.21. The molecule has 3 nitrogen and oxygen atoms in total. The third kappa shape index (κ3) is 2.98. The summed E-state index contributed by atoms with van der Waals surface area (Å²) >= 11 is 0. The molecule has 82 valence electrons. The number of hydrogen-bond donors (Lipinski definition) is 1. The van der Waals surface area contributed by atoms with Crippen LogP contribution in [0.2, 0.25) is 0 Å². The lowest BCUT2D eigenvalue weighted by atomic mass is 9.86. The fourth-order valence-corrected chi connectivity index (χ4v) is 1.56. The van der Waals surface area contributed by atoms with Crippen molar-refractivity contribution in [2.75, 3.05) is 12.8 Å². The van der Waals surface area contributed by atoms with Gasteiger partial charge in [0.05, 0.1) is 12.5 Å². The van der Waals surface area contributed by atoms with E-state index in [1.807, 2.05) is 38.1 Å². The Morgan fingerprint density at radius 1 is 1.47 bits per heavy atom. The fraction of sp³-hybridized carbons (Fsp3) is 0.417. The van der Waals surface area contributed by atoms with Gasteiger partial charge in [0.15, 0.2) is 0 Å². The minimum atomic E-state index is -0.511. The second-order valence-corrected chi connectivity index (χ2v) is 4.30. The highest BCUT2D eigenvalue weighted by Crippen LogP contribution is 2.24. The third-order valence-electron chi connectivity index (χ3n) is 2.34. The molecule has 0 unspecified atom stereocenters. The Bertz CT molecular complexity index is 358. The van der Waals surface area contributed by atoms with Gasteiger partial charge in [0.2, 0.25) is 0 Å². The summed E-state index contributed by atoms with van der Waals surface area (Å²) in [5.74, 6) is -0.204. The molecule has 0 atom stereocenters. The summed E-state index contributed by atoms with van der Waals surface area (Å²) in [5.41, 5.74) is 6.92. The number of carbonyl (C=O) groups excluding carboxylic acids is 1. The van der Waals surface area contributed by atoms with Crippen LogP contribution in [0.4, 0.5) is 5.69 Å². The molecule has 0 spiro atoms. The van der Waals surface area contributed by atoms with Crippen molar-refractivity contribution in [3.05, 3.63) is 29.8 Å². The average Bonchev–Trinajstić information content (AvgIpc) is 2.15. The first-order valence-corrected chi connectivity index (χ1v) is 4.88. The van der Waals surface area contributed by atoms with Crippen molar-refractivity contribution in [2.45, 2.75) is 20.3 Å². The Kier molecular flexibility index (Phi) is 3.35.